The van der Waals surface area contributed by atoms with Gasteiger partial charge in [0, 0.05) is 18.9 Å². The van der Waals surface area contributed by atoms with Gasteiger partial charge >= 0.3 is 5.97 Å². The van der Waals surface area contributed by atoms with Crippen molar-refractivity contribution in [3.05, 3.63) is 11.8 Å². The SMILES string of the molecule is COc1cc(C)nc(NCC(OC)C(=O)O)n1. The van der Waals surface area contributed by atoms with E-state index in [0.717, 1.165) is 5.69 Å². The average molecular weight is 241 g/mol. The van der Waals surface area contributed by atoms with Crippen LogP contribution in [0.1, 0.15) is 5.69 Å². The highest BCUT2D eigenvalue weighted by Gasteiger charge is 2.16. The monoisotopic (exact) mass is 241 g/mol. The molecular formula is C10H15N3O4. The van der Waals surface area contributed by atoms with Gasteiger partial charge in [-0.3, -0.25) is 0 Å². The Morgan fingerprint density at radius 3 is 2.76 bits per heavy atom. The Morgan fingerprint density at radius 1 is 1.53 bits per heavy atom. The Balaban J connectivity index is 2.68. The van der Waals surface area contributed by atoms with Crippen molar-refractivity contribution in [3.63, 3.8) is 0 Å². The molecule has 0 fully saturated rings. The Kier molecular flexibility index (Phi) is 4.65. The van der Waals surface area contributed by atoms with Gasteiger partial charge in [0.15, 0.2) is 6.10 Å². The van der Waals surface area contributed by atoms with Gasteiger partial charge in [0.05, 0.1) is 13.7 Å². The molecule has 0 saturated carbocycles. The first-order valence-electron chi connectivity index (χ1n) is 4.96. The van der Waals surface area contributed by atoms with Gasteiger partial charge in [-0.1, -0.05) is 0 Å². The van der Waals surface area contributed by atoms with Crippen LogP contribution in [0, 0.1) is 6.92 Å². The number of aromatic nitrogens is 2. The number of methoxy groups -OCH3 is 2. The van der Waals surface area contributed by atoms with Gasteiger partial charge in [0.25, 0.3) is 0 Å². The fraction of sp³-hybridized carbons (Fsp3) is 0.500. The summed E-state index contributed by atoms with van der Waals surface area (Å²) in [4.78, 5) is 18.8. The predicted molar refractivity (Wildman–Crippen MR) is 60.2 cm³/mol. The highest BCUT2D eigenvalue weighted by atomic mass is 16.5. The molecular weight excluding hydrogens is 226 g/mol. The summed E-state index contributed by atoms with van der Waals surface area (Å²) >= 11 is 0. The molecule has 0 amide bonds. The summed E-state index contributed by atoms with van der Waals surface area (Å²) in [5.41, 5.74) is 0.726. The molecule has 0 aliphatic heterocycles. The van der Waals surface area contributed by atoms with E-state index >= 15 is 0 Å². The minimum Gasteiger partial charge on any atom is -0.481 e. The van der Waals surface area contributed by atoms with E-state index in [0.29, 0.717) is 11.8 Å². The van der Waals surface area contributed by atoms with Gasteiger partial charge in [0.2, 0.25) is 11.8 Å². The summed E-state index contributed by atoms with van der Waals surface area (Å²) < 4.78 is 9.75. The largest absolute Gasteiger partial charge is 0.481 e. The number of carbonyl (C=O) groups is 1. The van der Waals surface area contributed by atoms with E-state index in [1.165, 1.54) is 14.2 Å². The van der Waals surface area contributed by atoms with Crippen molar-refractivity contribution in [1.82, 2.24) is 9.97 Å². The molecule has 2 N–H and O–H groups in total. The zero-order chi connectivity index (χ0) is 12.8. The van der Waals surface area contributed by atoms with E-state index in [-0.39, 0.29) is 6.54 Å². The summed E-state index contributed by atoms with van der Waals surface area (Å²) in [5.74, 6) is -0.311. The lowest BCUT2D eigenvalue weighted by atomic mass is 10.3. The molecule has 1 heterocycles. The molecule has 0 aliphatic rings. The summed E-state index contributed by atoms with van der Waals surface area (Å²) in [6.07, 6.45) is -0.940. The number of carboxylic acid groups (broad SMARTS) is 1. The maximum Gasteiger partial charge on any atom is 0.334 e. The van der Waals surface area contributed by atoms with Gasteiger partial charge in [-0.25, -0.2) is 9.78 Å². The van der Waals surface area contributed by atoms with E-state index in [1.54, 1.807) is 13.0 Å². The van der Waals surface area contributed by atoms with Crippen molar-refractivity contribution in [1.29, 1.82) is 0 Å². The summed E-state index contributed by atoms with van der Waals surface area (Å²) in [7, 11) is 2.83. The first-order chi connectivity index (χ1) is 8.06. The average Bonchev–Trinajstić information content (AvgIpc) is 2.28. The molecule has 1 aromatic heterocycles. The second kappa shape index (κ2) is 6.00. The number of aliphatic carboxylic acids is 1. The van der Waals surface area contributed by atoms with Crippen LogP contribution in [0.2, 0.25) is 0 Å². The number of carboxylic acids is 1. The molecule has 7 nitrogen and oxygen atoms in total. The number of hydrogen-bond acceptors (Lipinski definition) is 6. The Morgan fingerprint density at radius 2 is 2.24 bits per heavy atom. The van der Waals surface area contributed by atoms with E-state index in [1.807, 2.05) is 0 Å². The van der Waals surface area contributed by atoms with E-state index in [2.05, 4.69) is 15.3 Å². The number of nitrogens with zero attached hydrogens (tertiary/aromatic N) is 2. The summed E-state index contributed by atoms with van der Waals surface area (Å²) in [5, 5.41) is 11.6. The van der Waals surface area contributed by atoms with Crippen LogP contribution in [-0.2, 0) is 9.53 Å². The van der Waals surface area contributed by atoms with Gasteiger partial charge in [-0.2, -0.15) is 4.98 Å². The highest BCUT2D eigenvalue weighted by molar-refractivity contribution is 5.73. The third-order valence-corrected chi connectivity index (χ3v) is 2.05. The Bertz CT molecular complexity index is 397. The second-order valence-corrected chi connectivity index (χ2v) is 3.32. The zero-order valence-corrected chi connectivity index (χ0v) is 9.93. The van der Waals surface area contributed by atoms with Crippen LogP contribution in [0.3, 0.4) is 0 Å². The van der Waals surface area contributed by atoms with Crippen LogP contribution in [-0.4, -0.2) is 47.9 Å². The second-order valence-electron chi connectivity index (χ2n) is 3.32. The van der Waals surface area contributed by atoms with Crippen LogP contribution in [0.15, 0.2) is 6.07 Å². The van der Waals surface area contributed by atoms with Crippen molar-refractivity contribution in [2.24, 2.45) is 0 Å². The normalized spacial score (nSPS) is 11.9. The van der Waals surface area contributed by atoms with Crippen LogP contribution in [0.5, 0.6) is 5.88 Å². The Labute approximate surface area is 98.8 Å². The van der Waals surface area contributed by atoms with Gasteiger partial charge in [0.1, 0.15) is 0 Å². The molecule has 1 unspecified atom stereocenters. The fourth-order valence-corrected chi connectivity index (χ4v) is 1.18. The van der Waals surface area contributed by atoms with Crippen LogP contribution < -0.4 is 10.1 Å². The summed E-state index contributed by atoms with van der Waals surface area (Å²) in [6, 6.07) is 1.68. The smallest absolute Gasteiger partial charge is 0.334 e. The molecule has 0 aliphatic carbocycles. The molecule has 0 saturated heterocycles. The molecule has 94 valence electrons. The van der Waals surface area contributed by atoms with E-state index in [4.69, 9.17) is 14.6 Å². The zero-order valence-electron chi connectivity index (χ0n) is 9.93. The molecule has 0 spiro atoms. The van der Waals surface area contributed by atoms with Crippen molar-refractivity contribution >= 4 is 11.9 Å². The van der Waals surface area contributed by atoms with Gasteiger partial charge in [-0.15, -0.1) is 0 Å². The number of nitrogens with one attached hydrogen (secondary N) is 1. The Hall–Kier alpha value is -1.89. The van der Waals surface area contributed by atoms with Crippen LogP contribution >= 0.6 is 0 Å². The van der Waals surface area contributed by atoms with Crippen molar-refractivity contribution in [2.75, 3.05) is 26.1 Å². The maximum absolute atomic E-state index is 10.7. The predicted octanol–water partition coefficient (Wildman–Crippen LogP) is 0.305. The maximum atomic E-state index is 10.7. The standard InChI is InChI=1S/C10H15N3O4/c1-6-4-8(17-3)13-10(12-6)11-5-7(16-2)9(14)15/h4,7H,5H2,1-3H3,(H,14,15)(H,11,12,13). The van der Waals surface area contributed by atoms with Crippen LogP contribution in [0.4, 0.5) is 5.95 Å². The van der Waals surface area contributed by atoms with Crippen molar-refractivity contribution in [3.8, 4) is 5.88 Å². The molecule has 1 aromatic rings. The number of rotatable bonds is 6. The lowest BCUT2D eigenvalue weighted by Crippen LogP contribution is -2.30. The van der Waals surface area contributed by atoms with Crippen LogP contribution in [0.25, 0.3) is 0 Å². The molecule has 17 heavy (non-hydrogen) atoms. The first-order valence-corrected chi connectivity index (χ1v) is 4.96. The van der Waals surface area contributed by atoms with E-state index in [9.17, 15) is 4.79 Å². The van der Waals surface area contributed by atoms with Gasteiger partial charge < -0.3 is 19.9 Å². The molecule has 0 bridgehead atoms. The summed E-state index contributed by atoms with van der Waals surface area (Å²) in [6.45, 7) is 1.87. The van der Waals surface area contributed by atoms with Crippen molar-refractivity contribution in [2.45, 2.75) is 13.0 Å². The molecule has 1 atom stereocenters. The minimum atomic E-state index is -1.04. The third-order valence-electron chi connectivity index (χ3n) is 2.05. The minimum absolute atomic E-state index is 0.0818. The molecule has 7 heteroatoms. The number of aryl methyl sites for hydroxylation is 1. The first kappa shape index (κ1) is 13.2. The quantitative estimate of drug-likeness (QED) is 0.740. The number of ether oxygens (including phenoxy) is 2. The van der Waals surface area contributed by atoms with Crippen molar-refractivity contribution < 1.29 is 19.4 Å². The molecule has 1 rings (SSSR count). The number of hydrogen-bond donors (Lipinski definition) is 2. The molecule has 0 radical (unpaired) electrons. The topological polar surface area (TPSA) is 93.6 Å². The fourth-order valence-electron chi connectivity index (χ4n) is 1.18. The van der Waals surface area contributed by atoms with Gasteiger partial charge in [-0.05, 0) is 6.92 Å². The number of anilines is 1. The molecule has 0 aromatic carbocycles. The third kappa shape index (κ3) is 3.87. The highest BCUT2D eigenvalue weighted by Crippen LogP contribution is 2.11. The lowest BCUT2D eigenvalue weighted by Gasteiger charge is -2.12. The lowest BCUT2D eigenvalue weighted by molar-refractivity contribution is -0.147. The van der Waals surface area contributed by atoms with E-state index < -0.39 is 12.1 Å².